The van der Waals surface area contributed by atoms with Crippen LogP contribution in [0.5, 0.6) is 5.75 Å². The normalized spacial score (nSPS) is 14.9. The first kappa shape index (κ1) is 21.2. The molecule has 3 nitrogen and oxygen atoms in total. The van der Waals surface area contributed by atoms with Crippen molar-refractivity contribution in [1.29, 1.82) is 0 Å². The van der Waals surface area contributed by atoms with Crippen LogP contribution in [0.15, 0.2) is 42.5 Å². The molecule has 3 rings (SSSR count). The van der Waals surface area contributed by atoms with Crippen molar-refractivity contribution in [1.82, 2.24) is 4.98 Å². The first-order valence-corrected chi connectivity index (χ1v) is 9.49. The highest BCUT2D eigenvalue weighted by Crippen LogP contribution is 2.45. The van der Waals surface area contributed by atoms with Gasteiger partial charge in [-0.1, -0.05) is 49.7 Å². The van der Waals surface area contributed by atoms with Gasteiger partial charge in [0.25, 0.3) is 0 Å². The van der Waals surface area contributed by atoms with E-state index in [1.54, 1.807) is 57.2 Å². The Labute approximate surface area is 168 Å². The number of H-pyrrole nitrogens is 1. The number of alkyl halides is 3. The number of hydrogen-bond donors (Lipinski definition) is 3. The van der Waals surface area contributed by atoms with Crippen molar-refractivity contribution < 1.29 is 23.4 Å². The molecule has 29 heavy (non-hydrogen) atoms. The van der Waals surface area contributed by atoms with Gasteiger partial charge in [0.1, 0.15) is 5.75 Å². The number of fused-ring (bicyclic) bond motifs is 1. The number of halogens is 3. The molecule has 0 aliphatic heterocycles. The van der Waals surface area contributed by atoms with Gasteiger partial charge < -0.3 is 15.2 Å². The zero-order valence-electron chi connectivity index (χ0n) is 17.0. The molecular weight excluding hydrogens is 379 g/mol. The summed E-state index contributed by atoms with van der Waals surface area (Å²) in [6.07, 6.45) is -6.02. The molecule has 0 radical (unpaired) electrons. The van der Waals surface area contributed by atoms with E-state index in [9.17, 15) is 23.4 Å². The Morgan fingerprint density at radius 3 is 2.28 bits per heavy atom. The van der Waals surface area contributed by atoms with Crippen molar-refractivity contribution in [3.63, 3.8) is 0 Å². The largest absolute Gasteiger partial charge is 0.507 e. The molecule has 0 aliphatic rings. The minimum absolute atomic E-state index is 0.0317. The molecular formula is C23H26F3NO2. The molecule has 0 aliphatic carbocycles. The van der Waals surface area contributed by atoms with Gasteiger partial charge in [-0.15, -0.1) is 0 Å². The summed E-state index contributed by atoms with van der Waals surface area (Å²) in [6, 6.07) is 12.3. The van der Waals surface area contributed by atoms with Crippen LogP contribution in [0.4, 0.5) is 13.2 Å². The van der Waals surface area contributed by atoms with Gasteiger partial charge >= 0.3 is 6.18 Å². The fourth-order valence-corrected chi connectivity index (χ4v) is 4.11. The van der Waals surface area contributed by atoms with Crippen molar-refractivity contribution in [2.45, 2.75) is 57.7 Å². The number of hydrogen-bond acceptors (Lipinski definition) is 2. The summed E-state index contributed by atoms with van der Waals surface area (Å²) in [5, 5.41) is 22.1. The van der Waals surface area contributed by atoms with E-state index in [0.29, 0.717) is 16.8 Å². The Balaban J connectivity index is 2.00. The zero-order chi connectivity index (χ0) is 21.6. The smallest absolute Gasteiger partial charge is 0.417 e. The predicted molar refractivity (Wildman–Crippen MR) is 108 cm³/mol. The van der Waals surface area contributed by atoms with E-state index in [0.717, 1.165) is 16.5 Å². The van der Waals surface area contributed by atoms with E-state index in [4.69, 9.17) is 0 Å². The number of phenols is 1. The van der Waals surface area contributed by atoms with Gasteiger partial charge in [0.2, 0.25) is 0 Å². The maximum absolute atomic E-state index is 14.0. The topological polar surface area (TPSA) is 56.2 Å². The third-order valence-corrected chi connectivity index (χ3v) is 5.50. The summed E-state index contributed by atoms with van der Waals surface area (Å²) in [5.41, 5.74) is -1.20. The maximum Gasteiger partial charge on any atom is 0.417 e. The molecule has 0 saturated carbocycles. The number of aryl methyl sites for hydroxylation is 2. The molecule has 0 spiro atoms. The van der Waals surface area contributed by atoms with Gasteiger partial charge in [-0.2, -0.15) is 13.2 Å². The number of benzene rings is 2. The van der Waals surface area contributed by atoms with E-state index in [2.05, 4.69) is 4.98 Å². The number of para-hydroxylation sites is 1. The molecule has 1 atom stereocenters. The summed E-state index contributed by atoms with van der Waals surface area (Å²) < 4.78 is 42.1. The monoisotopic (exact) mass is 405 g/mol. The zero-order valence-corrected chi connectivity index (χ0v) is 17.0. The van der Waals surface area contributed by atoms with Crippen molar-refractivity contribution in [2.75, 3.05) is 0 Å². The van der Waals surface area contributed by atoms with E-state index in [-0.39, 0.29) is 5.75 Å². The van der Waals surface area contributed by atoms with Gasteiger partial charge in [-0.3, -0.25) is 0 Å². The lowest BCUT2D eigenvalue weighted by molar-refractivity contribution is -0.266. The second-order valence-electron chi connectivity index (χ2n) is 8.63. The molecule has 2 aromatic carbocycles. The average molecular weight is 405 g/mol. The summed E-state index contributed by atoms with van der Waals surface area (Å²) in [7, 11) is 0. The third kappa shape index (κ3) is 4.13. The lowest BCUT2D eigenvalue weighted by Gasteiger charge is -2.38. The minimum atomic E-state index is -4.84. The van der Waals surface area contributed by atoms with Crippen LogP contribution in [0.25, 0.3) is 10.9 Å². The Morgan fingerprint density at radius 1 is 1.00 bits per heavy atom. The molecule has 0 fully saturated rings. The highest BCUT2D eigenvalue weighted by molar-refractivity contribution is 5.80. The number of phenolic OH excluding ortho intramolecular Hbond substituents is 1. The SMILES string of the molecule is Cc1cc(C)c(O)c(C(C)(C)CC(O)(Cc2cc3ccccc3[nH]2)C(F)(F)F)c1. The van der Waals surface area contributed by atoms with Gasteiger partial charge in [0.15, 0.2) is 5.60 Å². The highest BCUT2D eigenvalue weighted by Gasteiger charge is 2.56. The molecule has 3 N–H and O–H groups in total. The molecule has 156 valence electrons. The third-order valence-electron chi connectivity index (χ3n) is 5.50. The number of aromatic hydroxyl groups is 1. The Kier molecular flexibility index (Phi) is 5.20. The van der Waals surface area contributed by atoms with Crippen LogP contribution in [-0.4, -0.2) is 27.0 Å². The van der Waals surface area contributed by atoms with Crippen molar-refractivity contribution >= 4 is 10.9 Å². The first-order valence-electron chi connectivity index (χ1n) is 9.49. The van der Waals surface area contributed by atoms with Gasteiger partial charge in [-0.05, 0) is 48.8 Å². The summed E-state index contributed by atoms with van der Waals surface area (Å²) in [4.78, 5) is 2.97. The number of nitrogens with one attached hydrogen (secondary N) is 1. The Bertz CT molecular complexity index is 1000. The van der Waals surface area contributed by atoms with Crippen molar-refractivity contribution in [3.8, 4) is 5.75 Å². The summed E-state index contributed by atoms with van der Waals surface area (Å²) in [6.45, 7) is 6.76. The lowest BCUT2D eigenvalue weighted by Crippen LogP contribution is -2.50. The Hall–Kier alpha value is -2.47. The van der Waals surface area contributed by atoms with Gasteiger partial charge in [-0.25, -0.2) is 0 Å². The van der Waals surface area contributed by atoms with Crippen LogP contribution in [0, 0.1) is 13.8 Å². The molecule has 1 heterocycles. The lowest BCUT2D eigenvalue weighted by atomic mass is 9.72. The van der Waals surface area contributed by atoms with E-state index < -0.39 is 30.0 Å². The molecule has 0 amide bonds. The molecule has 1 unspecified atom stereocenters. The van der Waals surface area contributed by atoms with Crippen LogP contribution in [0.2, 0.25) is 0 Å². The molecule has 0 bridgehead atoms. The fraction of sp³-hybridized carbons (Fsp3) is 0.391. The number of aromatic nitrogens is 1. The molecule has 3 aromatic rings. The van der Waals surface area contributed by atoms with Crippen LogP contribution in [0.3, 0.4) is 0 Å². The average Bonchev–Trinajstić information content (AvgIpc) is 2.98. The van der Waals surface area contributed by atoms with Crippen molar-refractivity contribution in [2.24, 2.45) is 0 Å². The van der Waals surface area contributed by atoms with Crippen LogP contribution in [-0.2, 0) is 11.8 Å². The minimum Gasteiger partial charge on any atom is -0.507 e. The van der Waals surface area contributed by atoms with Gasteiger partial charge in [0.05, 0.1) is 0 Å². The summed E-state index contributed by atoms with van der Waals surface area (Å²) >= 11 is 0. The predicted octanol–water partition coefficient (Wildman–Crippen LogP) is 5.69. The number of aliphatic hydroxyl groups is 1. The Morgan fingerprint density at radius 2 is 1.66 bits per heavy atom. The van der Waals surface area contributed by atoms with Crippen LogP contribution < -0.4 is 0 Å². The summed E-state index contributed by atoms with van der Waals surface area (Å²) in [5.74, 6) is -0.0317. The molecule has 6 heteroatoms. The van der Waals surface area contributed by atoms with E-state index in [1.807, 2.05) is 13.0 Å². The van der Waals surface area contributed by atoms with Crippen LogP contribution >= 0.6 is 0 Å². The van der Waals surface area contributed by atoms with Crippen LogP contribution in [0.1, 0.15) is 42.7 Å². The van der Waals surface area contributed by atoms with E-state index >= 15 is 0 Å². The highest BCUT2D eigenvalue weighted by atomic mass is 19.4. The number of rotatable bonds is 5. The molecule has 1 aromatic heterocycles. The number of aromatic amines is 1. The van der Waals surface area contributed by atoms with Crippen molar-refractivity contribution in [3.05, 3.63) is 64.8 Å². The van der Waals surface area contributed by atoms with Gasteiger partial charge in [0, 0.05) is 23.2 Å². The first-order chi connectivity index (χ1) is 13.3. The van der Waals surface area contributed by atoms with E-state index in [1.165, 1.54) is 0 Å². The maximum atomic E-state index is 14.0. The standard InChI is InChI=1S/C23H26F3NO2/c1-14-9-15(2)20(28)18(10-14)21(3,4)13-22(29,23(24,25)26)12-17-11-16-7-5-6-8-19(16)27-17/h5-11,27-29H,12-13H2,1-4H3. The quantitative estimate of drug-likeness (QED) is 0.510. The second-order valence-corrected chi connectivity index (χ2v) is 8.63. The fourth-order valence-electron chi connectivity index (χ4n) is 4.11. The second kappa shape index (κ2) is 7.10. The molecule has 0 saturated heterocycles.